The third-order valence-corrected chi connectivity index (χ3v) is 3.85. The molecule has 1 heterocycles. The van der Waals surface area contributed by atoms with Crippen molar-refractivity contribution in [2.75, 3.05) is 31.9 Å². The van der Waals surface area contributed by atoms with Crippen LogP contribution in [0, 0.1) is 0 Å². The molecule has 0 saturated carbocycles. The van der Waals surface area contributed by atoms with Crippen LogP contribution in [0.2, 0.25) is 0 Å². The highest BCUT2D eigenvalue weighted by molar-refractivity contribution is 8.00. The fourth-order valence-electron chi connectivity index (χ4n) is 1.60. The second kappa shape index (κ2) is 8.60. The number of carbonyl (C=O) groups is 2. The van der Waals surface area contributed by atoms with Gasteiger partial charge in [0.2, 0.25) is 5.91 Å². The minimum atomic E-state index is -1.01. The van der Waals surface area contributed by atoms with Crippen molar-refractivity contribution in [3.05, 3.63) is 0 Å². The standard InChI is InChI=1S/C10H18N2O3S.ClH/c1-2-8-6-12(3-4-16-8)7-9(13)11-5-10(14)15;/h8H,2-7H2,1H3,(H,11,13)(H,14,15);1H. The van der Waals surface area contributed by atoms with Crippen LogP contribution in [0.15, 0.2) is 0 Å². The van der Waals surface area contributed by atoms with Gasteiger partial charge in [0.15, 0.2) is 0 Å². The molecule has 0 aromatic carbocycles. The molecule has 1 aliphatic rings. The first-order valence-electron chi connectivity index (χ1n) is 5.44. The fraction of sp³-hybridized carbons (Fsp3) is 0.800. The number of carboxylic acids is 1. The van der Waals surface area contributed by atoms with Gasteiger partial charge in [-0.25, -0.2) is 0 Å². The topological polar surface area (TPSA) is 69.6 Å². The van der Waals surface area contributed by atoms with E-state index in [0.29, 0.717) is 11.8 Å². The van der Waals surface area contributed by atoms with Crippen LogP contribution < -0.4 is 5.32 Å². The Labute approximate surface area is 112 Å². The molecule has 0 aromatic rings. The van der Waals surface area contributed by atoms with E-state index < -0.39 is 5.97 Å². The molecule has 0 bridgehead atoms. The summed E-state index contributed by atoms with van der Waals surface area (Å²) in [4.78, 5) is 23.7. The maximum absolute atomic E-state index is 11.4. The molecular formula is C10H19ClN2O3S. The zero-order valence-corrected chi connectivity index (χ0v) is 11.5. The predicted molar refractivity (Wildman–Crippen MR) is 70.9 cm³/mol. The van der Waals surface area contributed by atoms with E-state index in [9.17, 15) is 9.59 Å². The Bertz CT molecular complexity index is 266. The molecule has 5 nitrogen and oxygen atoms in total. The third-order valence-electron chi connectivity index (χ3n) is 2.48. The smallest absolute Gasteiger partial charge is 0.322 e. The quantitative estimate of drug-likeness (QED) is 0.766. The molecule has 1 amide bonds. The van der Waals surface area contributed by atoms with Crippen molar-refractivity contribution in [1.82, 2.24) is 10.2 Å². The lowest BCUT2D eigenvalue weighted by Gasteiger charge is -2.31. The monoisotopic (exact) mass is 282 g/mol. The molecule has 1 fully saturated rings. The summed E-state index contributed by atoms with van der Waals surface area (Å²) in [5.74, 6) is -0.164. The number of nitrogens with zero attached hydrogens (tertiary/aromatic N) is 1. The molecule has 2 N–H and O–H groups in total. The maximum Gasteiger partial charge on any atom is 0.322 e. The van der Waals surface area contributed by atoms with E-state index in [1.54, 1.807) is 0 Å². The summed E-state index contributed by atoms with van der Waals surface area (Å²) >= 11 is 1.94. The molecule has 1 unspecified atom stereocenters. The van der Waals surface area contributed by atoms with Gasteiger partial charge in [-0.05, 0) is 6.42 Å². The number of carbonyl (C=O) groups excluding carboxylic acids is 1. The molecule has 1 atom stereocenters. The van der Waals surface area contributed by atoms with E-state index in [4.69, 9.17) is 5.11 Å². The van der Waals surface area contributed by atoms with Crippen LogP contribution in [0.25, 0.3) is 0 Å². The number of rotatable bonds is 5. The van der Waals surface area contributed by atoms with Crippen molar-refractivity contribution in [3.63, 3.8) is 0 Å². The summed E-state index contributed by atoms with van der Waals surface area (Å²) in [6.07, 6.45) is 1.11. The average molecular weight is 283 g/mol. The Balaban J connectivity index is 0.00000256. The molecule has 100 valence electrons. The van der Waals surface area contributed by atoms with Crippen molar-refractivity contribution in [3.8, 4) is 0 Å². The maximum atomic E-state index is 11.4. The molecule has 7 heteroatoms. The minimum absolute atomic E-state index is 0. The van der Waals surface area contributed by atoms with Crippen LogP contribution in [0.3, 0.4) is 0 Å². The molecule has 1 rings (SSSR count). The number of hydrogen-bond acceptors (Lipinski definition) is 4. The molecule has 1 saturated heterocycles. The number of thioether (sulfide) groups is 1. The van der Waals surface area contributed by atoms with Crippen molar-refractivity contribution in [2.45, 2.75) is 18.6 Å². The van der Waals surface area contributed by atoms with Gasteiger partial charge < -0.3 is 10.4 Å². The summed E-state index contributed by atoms with van der Waals surface area (Å²) in [6, 6.07) is 0. The van der Waals surface area contributed by atoms with Gasteiger partial charge in [0, 0.05) is 24.1 Å². The lowest BCUT2D eigenvalue weighted by molar-refractivity contribution is -0.138. The van der Waals surface area contributed by atoms with Crippen molar-refractivity contribution in [1.29, 1.82) is 0 Å². The van der Waals surface area contributed by atoms with Crippen LogP contribution in [-0.2, 0) is 9.59 Å². The van der Waals surface area contributed by atoms with Crippen molar-refractivity contribution < 1.29 is 14.7 Å². The fourth-order valence-corrected chi connectivity index (χ4v) is 2.85. The molecule has 0 spiro atoms. The highest BCUT2D eigenvalue weighted by atomic mass is 35.5. The highest BCUT2D eigenvalue weighted by Crippen LogP contribution is 2.20. The molecular weight excluding hydrogens is 264 g/mol. The van der Waals surface area contributed by atoms with Crippen LogP contribution in [0.4, 0.5) is 0 Å². The van der Waals surface area contributed by atoms with Gasteiger partial charge in [-0.15, -0.1) is 12.4 Å². The predicted octanol–water partition coefficient (Wildman–Crippen LogP) is 0.436. The molecule has 1 aliphatic heterocycles. The molecule has 0 aliphatic carbocycles. The van der Waals surface area contributed by atoms with Gasteiger partial charge in [-0.3, -0.25) is 14.5 Å². The average Bonchev–Trinajstić information content (AvgIpc) is 2.26. The Morgan fingerprint density at radius 1 is 1.53 bits per heavy atom. The van der Waals surface area contributed by atoms with Crippen molar-refractivity contribution >= 4 is 36.0 Å². The molecule has 17 heavy (non-hydrogen) atoms. The zero-order valence-electron chi connectivity index (χ0n) is 9.85. The zero-order chi connectivity index (χ0) is 12.0. The van der Waals surface area contributed by atoms with Gasteiger partial charge in [0.05, 0.1) is 6.54 Å². The SMILES string of the molecule is CCC1CN(CC(=O)NCC(=O)O)CCS1.Cl. The van der Waals surface area contributed by atoms with E-state index in [1.165, 1.54) is 0 Å². The number of aliphatic carboxylic acids is 1. The number of hydrogen-bond donors (Lipinski definition) is 2. The lowest BCUT2D eigenvalue weighted by atomic mass is 10.3. The first-order valence-corrected chi connectivity index (χ1v) is 6.49. The second-order valence-corrected chi connectivity index (χ2v) is 5.21. The van der Waals surface area contributed by atoms with Gasteiger partial charge >= 0.3 is 5.97 Å². The first-order chi connectivity index (χ1) is 7.61. The number of halogens is 1. The lowest BCUT2D eigenvalue weighted by Crippen LogP contribution is -2.44. The Kier molecular flexibility index (Phi) is 8.37. The summed E-state index contributed by atoms with van der Waals surface area (Å²) in [7, 11) is 0. The number of nitrogens with one attached hydrogen (secondary N) is 1. The number of carboxylic acid groups (broad SMARTS) is 1. The van der Waals surface area contributed by atoms with Crippen molar-refractivity contribution in [2.24, 2.45) is 0 Å². The van der Waals surface area contributed by atoms with Crippen LogP contribution in [0.1, 0.15) is 13.3 Å². The van der Waals surface area contributed by atoms with Gasteiger partial charge in [-0.2, -0.15) is 11.8 Å². The van der Waals surface area contributed by atoms with Gasteiger partial charge in [0.1, 0.15) is 6.54 Å². The van der Waals surface area contributed by atoms with Crippen LogP contribution in [0.5, 0.6) is 0 Å². The second-order valence-electron chi connectivity index (χ2n) is 3.81. The summed E-state index contributed by atoms with van der Waals surface area (Å²) in [6.45, 7) is 3.98. The Morgan fingerprint density at radius 3 is 2.82 bits per heavy atom. The summed E-state index contributed by atoms with van der Waals surface area (Å²) in [5, 5.41) is 11.4. The minimum Gasteiger partial charge on any atom is -0.480 e. The number of amides is 1. The first kappa shape index (κ1) is 16.5. The highest BCUT2D eigenvalue weighted by Gasteiger charge is 2.20. The van der Waals surface area contributed by atoms with E-state index in [2.05, 4.69) is 17.1 Å². The van der Waals surface area contributed by atoms with E-state index in [1.807, 2.05) is 11.8 Å². The van der Waals surface area contributed by atoms with Crippen LogP contribution in [-0.4, -0.2) is 59.1 Å². The Hall–Kier alpha value is -0.460. The molecule has 0 aromatic heterocycles. The van der Waals surface area contributed by atoms with Gasteiger partial charge in [0.25, 0.3) is 0 Å². The van der Waals surface area contributed by atoms with E-state index in [0.717, 1.165) is 25.3 Å². The van der Waals surface area contributed by atoms with E-state index in [-0.39, 0.29) is 24.9 Å². The van der Waals surface area contributed by atoms with Crippen LogP contribution >= 0.6 is 24.2 Å². The largest absolute Gasteiger partial charge is 0.480 e. The van der Waals surface area contributed by atoms with E-state index >= 15 is 0 Å². The Morgan fingerprint density at radius 2 is 2.24 bits per heavy atom. The van der Waals surface area contributed by atoms with Gasteiger partial charge in [-0.1, -0.05) is 6.92 Å². The third kappa shape index (κ3) is 6.75. The summed E-state index contributed by atoms with van der Waals surface area (Å²) in [5.41, 5.74) is 0. The summed E-state index contributed by atoms with van der Waals surface area (Å²) < 4.78 is 0. The molecule has 0 radical (unpaired) electrons. The normalized spacial score (nSPS) is 20.4.